The molecule has 0 radical (unpaired) electrons. The topological polar surface area (TPSA) is 83.5 Å². The number of carbonyl (C=O) groups is 3. The number of amides is 1. The van der Waals surface area contributed by atoms with E-state index in [1.54, 1.807) is 60.7 Å². The van der Waals surface area contributed by atoms with Crippen molar-refractivity contribution in [2.45, 2.75) is 12.5 Å². The minimum absolute atomic E-state index is 0.100. The van der Waals surface area contributed by atoms with E-state index in [-0.39, 0.29) is 12.2 Å². The Labute approximate surface area is 185 Å². The SMILES string of the molecule is O=C(N[C@@H](Cc1ccc(C(=O)c2ccccc2)cc1)C(=O)O)c1ccc2ccccc2c1. The summed E-state index contributed by atoms with van der Waals surface area (Å²) in [4.78, 5) is 37.0. The van der Waals surface area contributed by atoms with Crippen LogP contribution in [0.3, 0.4) is 0 Å². The summed E-state index contributed by atoms with van der Waals surface area (Å²) in [6, 6.07) is 27.6. The molecule has 0 heterocycles. The Bertz CT molecular complexity index is 1280. The van der Waals surface area contributed by atoms with Crippen LogP contribution in [0.25, 0.3) is 10.8 Å². The number of carboxylic acids is 1. The Hall–Kier alpha value is -4.25. The monoisotopic (exact) mass is 423 g/mol. The van der Waals surface area contributed by atoms with Crippen LogP contribution in [-0.2, 0) is 11.2 Å². The summed E-state index contributed by atoms with van der Waals surface area (Å²) >= 11 is 0. The second kappa shape index (κ2) is 9.27. The third-order valence-electron chi connectivity index (χ3n) is 5.31. The van der Waals surface area contributed by atoms with Crippen LogP contribution in [-0.4, -0.2) is 28.8 Å². The smallest absolute Gasteiger partial charge is 0.326 e. The molecule has 0 saturated carbocycles. The lowest BCUT2D eigenvalue weighted by Crippen LogP contribution is -2.42. The number of nitrogens with one attached hydrogen (secondary N) is 1. The fourth-order valence-corrected chi connectivity index (χ4v) is 3.56. The van der Waals surface area contributed by atoms with E-state index in [0.717, 1.165) is 10.8 Å². The third kappa shape index (κ3) is 4.73. The van der Waals surface area contributed by atoms with Crippen molar-refractivity contribution in [3.05, 3.63) is 119 Å². The van der Waals surface area contributed by atoms with Gasteiger partial charge in [-0.05, 0) is 28.5 Å². The third-order valence-corrected chi connectivity index (χ3v) is 5.31. The molecule has 158 valence electrons. The lowest BCUT2D eigenvalue weighted by Gasteiger charge is -2.15. The zero-order chi connectivity index (χ0) is 22.5. The van der Waals surface area contributed by atoms with Crippen LogP contribution in [0.1, 0.15) is 31.8 Å². The lowest BCUT2D eigenvalue weighted by molar-refractivity contribution is -0.139. The molecule has 0 aliphatic heterocycles. The fourth-order valence-electron chi connectivity index (χ4n) is 3.56. The van der Waals surface area contributed by atoms with E-state index in [1.807, 2.05) is 36.4 Å². The Morgan fingerprint density at radius 3 is 1.97 bits per heavy atom. The van der Waals surface area contributed by atoms with E-state index in [2.05, 4.69) is 5.32 Å². The summed E-state index contributed by atoms with van der Waals surface area (Å²) in [5.41, 5.74) is 2.22. The van der Waals surface area contributed by atoms with Gasteiger partial charge in [-0.3, -0.25) is 9.59 Å². The fraction of sp³-hybridized carbons (Fsp3) is 0.0741. The molecule has 4 aromatic rings. The summed E-state index contributed by atoms with van der Waals surface area (Å²) < 4.78 is 0. The van der Waals surface area contributed by atoms with Gasteiger partial charge >= 0.3 is 5.97 Å². The first kappa shape index (κ1) is 21.0. The van der Waals surface area contributed by atoms with E-state index in [0.29, 0.717) is 22.3 Å². The molecule has 0 saturated heterocycles. The van der Waals surface area contributed by atoms with Gasteiger partial charge in [-0.25, -0.2) is 4.79 Å². The zero-order valence-corrected chi connectivity index (χ0v) is 17.2. The normalized spacial score (nSPS) is 11.6. The summed E-state index contributed by atoms with van der Waals surface area (Å²) in [7, 11) is 0. The van der Waals surface area contributed by atoms with Gasteiger partial charge in [0.1, 0.15) is 6.04 Å². The van der Waals surface area contributed by atoms with Gasteiger partial charge in [0.15, 0.2) is 5.78 Å². The number of carbonyl (C=O) groups excluding carboxylic acids is 2. The maximum atomic E-state index is 12.7. The van der Waals surface area contributed by atoms with Crippen LogP contribution in [0.4, 0.5) is 0 Å². The molecule has 0 spiro atoms. The predicted octanol–water partition coefficient (Wildman–Crippen LogP) is 4.50. The number of hydrogen-bond donors (Lipinski definition) is 2. The van der Waals surface area contributed by atoms with Crippen LogP contribution < -0.4 is 5.32 Å². The molecule has 5 nitrogen and oxygen atoms in total. The van der Waals surface area contributed by atoms with Gasteiger partial charge in [0.05, 0.1) is 0 Å². The minimum atomic E-state index is -1.12. The largest absolute Gasteiger partial charge is 0.480 e. The molecule has 4 aromatic carbocycles. The molecule has 0 aliphatic carbocycles. The van der Waals surface area contributed by atoms with Gasteiger partial charge in [-0.15, -0.1) is 0 Å². The first-order valence-electron chi connectivity index (χ1n) is 10.2. The molecule has 4 rings (SSSR count). The highest BCUT2D eigenvalue weighted by atomic mass is 16.4. The number of hydrogen-bond acceptors (Lipinski definition) is 3. The molecule has 0 fully saturated rings. The van der Waals surface area contributed by atoms with E-state index in [1.165, 1.54) is 0 Å². The highest BCUT2D eigenvalue weighted by Gasteiger charge is 2.21. The van der Waals surface area contributed by atoms with Crippen molar-refractivity contribution < 1.29 is 19.5 Å². The number of fused-ring (bicyclic) bond motifs is 1. The van der Waals surface area contributed by atoms with Crippen molar-refractivity contribution >= 4 is 28.4 Å². The molecule has 5 heteroatoms. The molecule has 1 amide bonds. The highest BCUT2D eigenvalue weighted by molar-refractivity contribution is 6.09. The van der Waals surface area contributed by atoms with Crippen LogP contribution in [0.2, 0.25) is 0 Å². The zero-order valence-electron chi connectivity index (χ0n) is 17.2. The summed E-state index contributed by atoms with van der Waals surface area (Å²) in [6.07, 6.45) is 0.106. The van der Waals surface area contributed by atoms with E-state index < -0.39 is 17.9 Å². The highest BCUT2D eigenvalue weighted by Crippen LogP contribution is 2.16. The number of ketones is 1. The van der Waals surface area contributed by atoms with Crippen LogP contribution >= 0.6 is 0 Å². The first-order valence-corrected chi connectivity index (χ1v) is 10.2. The van der Waals surface area contributed by atoms with Crippen molar-refractivity contribution in [1.29, 1.82) is 0 Å². The van der Waals surface area contributed by atoms with Crippen LogP contribution in [0.15, 0.2) is 97.1 Å². The Balaban J connectivity index is 1.46. The number of aliphatic carboxylic acids is 1. The summed E-state index contributed by atoms with van der Waals surface area (Å²) in [5.74, 6) is -1.67. The average Bonchev–Trinajstić information content (AvgIpc) is 2.83. The standard InChI is InChI=1S/C27H21NO4/c29-25(20-7-2-1-3-8-20)21-12-10-18(11-13-21)16-24(27(31)32)28-26(30)23-15-14-19-6-4-5-9-22(19)17-23/h1-15,17,24H,16H2,(H,28,30)(H,31,32)/t24-/m0/s1. The van der Waals surface area contributed by atoms with Gasteiger partial charge in [0, 0.05) is 23.1 Å². The van der Waals surface area contributed by atoms with Gasteiger partial charge in [-0.2, -0.15) is 0 Å². The maximum Gasteiger partial charge on any atom is 0.326 e. The van der Waals surface area contributed by atoms with Crippen molar-refractivity contribution in [3.63, 3.8) is 0 Å². The van der Waals surface area contributed by atoms with E-state index >= 15 is 0 Å². The first-order chi connectivity index (χ1) is 15.5. The molecule has 0 aromatic heterocycles. The van der Waals surface area contributed by atoms with Gasteiger partial charge in [-0.1, -0.05) is 84.9 Å². The van der Waals surface area contributed by atoms with Gasteiger partial charge < -0.3 is 10.4 Å². The molecule has 1 atom stereocenters. The summed E-state index contributed by atoms with van der Waals surface area (Å²) in [5, 5.41) is 14.1. The number of rotatable bonds is 7. The molecule has 0 bridgehead atoms. The van der Waals surface area contributed by atoms with Crippen molar-refractivity contribution in [1.82, 2.24) is 5.32 Å². The summed E-state index contributed by atoms with van der Waals surface area (Å²) in [6.45, 7) is 0. The van der Waals surface area contributed by atoms with Crippen molar-refractivity contribution in [3.8, 4) is 0 Å². The number of benzene rings is 4. The Morgan fingerprint density at radius 1 is 0.688 bits per heavy atom. The average molecular weight is 423 g/mol. The van der Waals surface area contributed by atoms with Gasteiger partial charge in [0.25, 0.3) is 5.91 Å². The quantitative estimate of drug-likeness (QED) is 0.429. The molecule has 0 aliphatic rings. The van der Waals surface area contributed by atoms with E-state index in [4.69, 9.17) is 0 Å². The van der Waals surface area contributed by atoms with Crippen LogP contribution in [0.5, 0.6) is 0 Å². The van der Waals surface area contributed by atoms with Crippen molar-refractivity contribution in [2.75, 3.05) is 0 Å². The molecule has 32 heavy (non-hydrogen) atoms. The lowest BCUT2D eigenvalue weighted by atomic mass is 9.99. The number of carboxylic acid groups (broad SMARTS) is 1. The van der Waals surface area contributed by atoms with E-state index in [9.17, 15) is 19.5 Å². The minimum Gasteiger partial charge on any atom is -0.480 e. The molecular weight excluding hydrogens is 402 g/mol. The molecular formula is C27H21NO4. The van der Waals surface area contributed by atoms with Crippen molar-refractivity contribution in [2.24, 2.45) is 0 Å². The Morgan fingerprint density at radius 2 is 1.28 bits per heavy atom. The maximum absolute atomic E-state index is 12.7. The van der Waals surface area contributed by atoms with Gasteiger partial charge in [0.2, 0.25) is 0 Å². The predicted molar refractivity (Wildman–Crippen MR) is 123 cm³/mol. The second-order valence-corrected chi connectivity index (χ2v) is 7.52. The molecule has 2 N–H and O–H groups in total. The second-order valence-electron chi connectivity index (χ2n) is 7.52. The molecule has 0 unspecified atom stereocenters. The Kier molecular flexibility index (Phi) is 6.08. The van der Waals surface area contributed by atoms with Crippen LogP contribution in [0, 0.1) is 0 Å².